The highest BCUT2D eigenvalue weighted by Gasteiger charge is 2.07. The molecule has 0 fully saturated rings. The summed E-state index contributed by atoms with van der Waals surface area (Å²) in [5.41, 5.74) is 0. The van der Waals surface area contributed by atoms with Crippen LogP contribution in [0.25, 0.3) is 10.8 Å². The number of aromatic nitrogens is 1. The molecule has 0 spiro atoms. The van der Waals surface area contributed by atoms with Crippen molar-refractivity contribution < 1.29 is 14.7 Å². The van der Waals surface area contributed by atoms with Gasteiger partial charge in [-0.2, -0.15) is 0 Å². The normalized spacial score (nSPS) is 10.2. The highest BCUT2D eigenvalue weighted by Crippen LogP contribution is 2.20. The van der Waals surface area contributed by atoms with Gasteiger partial charge in [0.2, 0.25) is 6.20 Å². The lowest BCUT2D eigenvalue weighted by Gasteiger charge is -1.97. The van der Waals surface area contributed by atoms with E-state index < -0.39 is 0 Å². The number of hydrogen-bond acceptors (Lipinski definition) is 2. The van der Waals surface area contributed by atoms with Gasteiger partial charge in [-0.05, 0) is 6.07 Å². The Hall–Kier alpha value is -1.77. The van der Waals surface area contributed by atoms with Gasteiger partial charge in [0.05, 0.1) is 5.39 Å². The predicted molar refractivity (Wildman–Crippen MR) is 48.3 cm³/mol. The molecule has 0 bridgehead atoms. The summed E-state index contributed by atoms with van der Waals surface area (Å²) >= 11 is 0. The number of nitrogens with zero attached hydrogens (tertiary/aromatic N) is 1. The summed E-state index contributed by atoms with van der Waals surface area (Å²) < 4.78 is 1.47. The van der Waals surface area contributed by atoms with Crippen LogP contribution in [0.2, 0.25) is 0 Å². The molecule has 1 N–H and O–H groups in total. The third kappa shape index (κ3) is 1.28. The third-order valence-electron chi connectivity index (χ3n) is 1.96. The summed E-state index contributed by atoms with van der Waals surface area (Å²) in [5.74, 6) is 0.222. The first-order chi connectivity index (χ1) is 6.31. The van der Waals surface area contributed by atoms with E-state index in [0.717, 1.165) is 10.8 Å². The van der Waals surface area contributed by atoms with Crippen LogP contribution in [0.15, 0.2) is 36.7 Å². The van der Waals surface area contributed by atoms with Crippen LogP contribution in [0.5, 0.6) is 5.75 Å². The highest BCUT2D eigenvalue weighted by molar-refractivity contribution is 5.85. The predicted octanol–water partition coefficient (Wildman–Crippen LogP) is 0.891. The lowest BCUT2D eigenvalue weighted by Crippen LogP contribution is -2.39. The van der Waals surface area contributed by atoms with E-state index in [1.165, 1.54) is 10.9 Å². The van der Waals surface area contributed by atoms with E-state index in [-0.39, 0.29) is 5.75 Å². The minimum absolute atomic E-state index is 0.222. The van der Waals surface area contributed by atoms with E-state index in [0.29, 0.717) is 0 Å². The molecule has 0 radical (unpaired) electrons. The van der Waals surface area contributed by atoms with Gasteiger partial charge in [-0.1, -0.05) is 18.2 Å². The van der Waals surface area contributed by atoms with Crippen molar-refractivity contribution in [1.29, 1.82) is 0 Å². The largest absolute Gasteiger partial charge is 0.502 e. The molecule has 0 atom stereocenters. The van der Waals surface area contributed by atoms with Crippen molar-refractivity contribution in [2.24, 2.45) is 0 Å². The average molecular weight is 176 g/mol. The fraction of sp³-hybridized carbons (Fsp3) is 0.100. The summed E-state index contributed by atoms with van der Waals surface area (Å²) in [6, 6.07) is 7.59. The quantitative estimate of drug-likeness (QED) is 0.655. The van der Waals surface area contributed by atoms with Crippen molar-refractivity contribution in [3.63, 3.8) is 0 Å². The van der Waals surface area contributed by atoms with Crippen LogP contribution >= 0.6 is 0 Å². The molecule has 1 aromatic carbocycles. The second-order valence-corrected chi connectivity index (χ2v) is 2.77. The molecule has 2 rings (SSSR count). The molecule has 0 aliphatic rings. The number of pyridine rings is 1. The van der Waals surface area contributed by atoms with Gasteiger partial charge in [0.15, 0.2) is 5.75 Å². The molecule has 0 saturated carbocycles. The number of benzene rings is 1. The number of rotatable bonds is 1. The first-order valence-corrected chi connectivity index (χ1v) is 3.99. The van der Waals surface area contributed by atoms with E-state index >= 15 is 0 Å². The maximum atomic E-state index is 9.58. The molecule has 66 valence electrons. The van der Waals surface area contributed by atoms with E-state index in [9.17, 15) is 5.11 Å². The summed E-state index contributed by atoms with van der Waals surface area (Å²) in [6.07, 6.45) is 3.34. The Balaban J connectivity index is 2.77. The third-order valence-corrected chi connectivity index (χ3v) is 1.96. The number of hydrogen-bond donors (Lipinski definition) is 1. The minimum Gasteiger partial charge on any atom is -0.502 e. The summed E-state index contributed by atoms with van der Waals surface area (Å²) in [7, 11) is 1.55. The van der Waals surface area contributed by atoms with Crippen molar-refractivity contribution in [3.05, 3.63) is 36.7 Å². The average Bonchev–Trinajstić information content (AvgIpc) is 2.18. The maximum absolute atomic E-state index is 9.58. The van der Waals surface area contributed by atoms with Crippen LogP contribution in [0.1, 0.15) is 0 Å². The maximum Gasteiger partial charge on any atom is 0.264 e. The zero-order chi connectivity index (χ0) is 9.26. The van der Waals surface area contributed by atoms with E-state index in [2.05, 4.69) is 0 Å². The van der Waals surface area contributed by atoms with Crippen molar-refractivity contribution >= 4 is 10.8 Å². The number of fused-ring (bicyclic) bond motifs is 1. The molecule has 2 aromatic rings. The zero-order valence-electron chi connectivity index (χ0n) is 7.27. The van der Waals surface area contributed by atoms with Crippen molar-refractivity contribution in [3.8, 4) is 5.75 Å². The molecule has 1 aromatic heterocycles. The van der Waals surface area contributed by atoms with E-state index in [1.54, 1.807) is 7.11 Å². The van der Waals surface area contributed by atoms with Gasteiger partial charge in [0.1, 0.15) is 7.11 Å². The Morgan fingerprint density at radius 2 is 2.00 bits per heavy atom. The molecular weight excluding hydrogens is 166 g/mol. The van der Waals surface area contributed by atoms with Crippen LogP contribution in [-0.2, 0) is 0 Å². The smallest absolute Gasteiger partial charge is 0.264 e. The Morgan fingerprint density at radius 3 is 2.77 bits per heavy atom. The molecular formula is C10H10NO2+. The van der Waals surface area contributed by atoms with Crippen molar-refractivity contribution in [2.75, 3.05) is 7.11 Å². The molecule has 1 heterocycles. The van der Waals surface area contributed by atoms with Gasteiger partial charge in [0, 0.05) is 10.1 Å². The Morgan fingerprint density at radius 1 is 1.23 bits per heavy atom. The zero-order valence-corrected chi connectivity index (χ0v) is 7.27. The fourth-order valence-corrected chi connectivity index (χ4v) is 1.31. The van der Waals surface area contributed by atoms with Crippen LogP contribution in [0, 0.1) is 0 Å². The van der Waals surface area contributed by atoms with Crippen LogP contribution in [0.4, 0.5) is 0 Å². The lowest BCUT2D eigenvalue weighted by atomic mass is 10.2. The Labute approximate surface area is 75.8 Å². The SMILES string of the molecule is CO[n+]1cc(O)c2ccccc2c1. The summed E-state index contributed by atoms with van der Waals surface area (Å²) in [6.45, 7) is 0. The molecule has 13 heavy (non-hydrogen) atoms. The topological polar surface area (TPSA) is 33.3 Å². The first-order valence-electron chi connectivity index (χ1n) is 3.99. The lowest BCUT2D eigenvalue weighted by molar-refractivity contribution is -0.884. The molecule has 3 heteroatoms. The second kappa shape index (κ2) is 2.94. The molecule has 0 amide bonds. The van der Waals surface area contributed by atoms with Gasteiger partial charge in [0.25, 0.3) is 6.20 Å². The van der Waals surface area contributed by atoms with Crippen molar-refractivity contribution in [1.82, 2.24) is 0 Å². The first kappa shape index (κ1) is 7.86. The minimum atomic E-state index is 0.222. The van der Waals surface area contributed by atoms with Crippen LogP contribution in [-0.4, -0.2) is 12.2 Å². The molecule has 0 aliphatic heterocycles. The Bertz CT molecular complexity index is 440. The second-order valence-electron chi connectivity index (χ2n) is 2.77. The van der Waals surface area contributed by atoms with Gasteiger partial charge in [-0.25, -0.2) is 0 Å². The molecule has 0 saturated heterocycles. The molecule has 3 nitrogen and oxygen atoms in total. The summed E-state index contributed by atoms with van der Waals surface area (Å²) in [4.78, 5) is 4.96. The van der Waals surface area contributed by atoms with E-state index in [4.69, 9.17) is 4.84 Å². The van der Waals surface area contributed by atoms with Gasteiger partial charge in [-0.3, -0.25) is 4.84 Å². The Kier molecular flexibility index (Phi) is 1.77. The number of aromatic hydroxyl groups is 1. The van der Waals surface area contributed by atoms with Gasteiger partial charge >= 0.3 is 0 Å². The monoisotopic (exact) mass is 176 g/mol. The summed E-state index contributed by atoms with van der Waals surface area (Å²) in [5, 5.41) is 11.4. The highest BCUT2D eigenvalue weighted by atomic mass is 16.6. The van der Waals surface area contributed by atoms with Gasteiger partial charge < -0.3 is 5.11 Å². The van der Waals surface area contributed by atoms with Crippen LogP contribution < -0.4 is 9.57 Å². The van der Waals surface area contributed by atoms with Crippen molar-refractivity contribution in [2.45, 2.75) is 0 Å². The van der Waals surface area contributed by atoms with Crippen LogP contribution in [0.3, 0.4) is 0 Å². The fourth-order valence-electron chi connectivity index (χ4n) is 1.31. The van der Waals surface area contributed by atoms with E-state index in [1.807, 2.05) is 30.5 Å². The molecule has 0 aliphatic carbocycles. The molecule has 0 unspecified atom stereocenters. The standard InChI is InChI=1S/C10H9NO2/c1-13-11-6-8-4-2-3-5-9(8)10(12)7-11/h2-7H,1H3/p+1. The van der Waals surface area contributed by atoms with Gasteiger partial charge in [-0.15, -0.1) is 0 Å².